The highest BCUT2D eigenvalue weighted by Gasteiger charge is 2.20. The number of oxazole rings is 1. The number of carbonyl (C=O) groups excluding carboxylic acids is 1. The van der Waals surface area contributed by atoms with Gasteiger partial charge in [0.25, 0.3) is 10.0 Å². The summed E-state index contributed by atoms with van der Waals surface area (Å²) in [6.07, 6.45) is 0. The number of sulfonamides is 1. The van der Waals surface area contributed by atoms with Crippen molar-refractivity contribution in [3.05, 3.63) is 58.6 Å². The second-order valence-electron chi connectivity index (χ2n) is 4.82. The number of esters is 1. The van der Waals surface area contributed by atoms with E-state index < -0.39 is 21.7 Å². The van der Waals surface area contributed by atoms with Crippen LogP contribution in [0.1, 0.15) is 10.4 Å². The van der Waals surface area contributed by atoms with Crippen LogP contribution >= 0.6 is 0 Å². The number of benzene rings is 2. The number of carbonyl (C=O) groups is 1. The van der Waals surface area contributed by atoms with E-state index in [0.29, 0.717) is 5.52 Å². The summed E-state index contributed by atoms with van der Waals surface area (Å²) in [5.74, 6) is -1.34. The third kappa shape index (κ3) is 2.88. The second kappa shape index (κ2) is 5.85. The number of rotatable bonds is 4. The number of fused-ring (bicyclic) bond motifs is 1. The summed E-state index contributed by atoms with van der Waals surface area (Å²) in [7, 11) is -2.79. The number of methoxy groups -OCH3 is 1. The SMILES string of the molecule is COC(=O)c1ccccc1NS(=O)(=O)c1ccc2[nH]c(=O)oc2c1. The van der Waals surface area contributed by atoms with Gasteiger partial charge in [-0.3, -0.25) is 9.71 Å². The summed E-state index contributed by atoms with van der Waals surface area (Å²) in [5.41, 5.74) is 0.663. The molecule has 0 aliphatic heterocycles. The van der Waals surface area contributed by atoms with Crippen LogP contribution in [-0.4, -0.2) is 26.5 Å². The number of hydrogen-bond donors (Lipinski definition) is 2. The molecule has 0 saturated carbocycles. The molecule has 0 unspecified atom stereocenters. The Morgan fingerprint density at radius 3 is 2.71 bits per heavy atom. The predicted molar refractivity (Wildman–Crippen MR) is 85.4 cm³/mol. The molecule has 0 spiro atoms. The minimum absolute atomic E-state index is 0.0813. The smallest absolute Gasteiger partial charge is 0.417 e. The van der Waals surface area contributed by atoms with Crippen molar-refractivity contribution < 1.29 is 22.4 Å². The molecular weight excluding hydrogens is 336 g/mol. The molecule has 0 saturated heterocycles. The molecular formula is C15H12N2O6S. The summed E-state index contributed by atoms with van der Waals surface area (Å²) < 4.78 is 36.9. The lowest BCUT2D eigenvalue weighted by molar-refractivity contribution is 0.0602. The summed E-state index contributed by atoms with van der Waals surface area (Å²) in [6, 6.07) is 10.0. The lowest BCUT2D eigenvalue weighted by Gasteiger charge is -2.11. The zero-order valence-electron chi connectivity index (χ0n) is 12.4. The van der Waals surface area contributed by atoms with E-state index in [0.717, 1.165) is 0 Å². The highest BCUT2D eigenvalue weighted by atomic mass is 32.2. The molecule has 3 rings (SSSR count). The van der Waals surface area contributed by atoms with E-state index in [1.807, 2.05) is 0 Å². The van der Waals surface area contributed by atoms with Gasteiger partial charge in [-0.15, -0.1) is 0 Å². The van der Waals surface area contributed by atoms with Gasteiger partial charge in [-0.05, 0) is 24.3 Å². The number of hydrogen-bond acceptors (Lipinski definition) is 6. The summed E-state index contributed by atoms with van der Waals surface area (Å²) >= 11 is 0. The van der Waals surface area contributed by atoms with Gasteiger partial charge in [0.2, 0.25) is 0 Å². The third-order valence-electron chi connectivity index (χ3n) is 3.28. The first-order valence-corrected chi connectivity index (χ1v) is 8.22. The number of anilines is 1. The minimum atomic E-state index is -3.99. The lowest BCUT2D eigenvalue weighted by Crippen LogP contribution is -2.16. The Kier molecular flexibility index (Phi) is 3.86. The maximum Gasteiger partial charge on any atom is 0.417 e. The van der Waals surface area contributed by atoms with Crippen molar-refractivity contribution in [2.24, 2.45) is 0 Å². The van der Waals surface area contributed by atoms with Crippen molar-refractivity contribution in [3.63, 3.8) is 0 Å². The van der Waals surface area contributed by atoms with Gasteiger partial charge in [0.15, 0.2) is 5.58 Å². The first-order chi connectivity index (χ1) is 11.4. The summed E-state index contributed by atoms with van der Waals surface area (Å²) in [4.78, 5) is 25.2. The van der Waals surface area contributed by atoms with Gasteiger partial charge in [0.1, 0.15) is 0 Å². The number of ether oxygens (including phenoxy) is 1. The fraction of sp³-hybridized carbons (Fsp3) is 0.0667. The zero-order chi connectivity index (χ0) is 17.3. The molecule has 0 bridgehead atoms. The molecule has 0 fully saturated rings. The number of aromatic nitrogens is 1. The molecule has 0 radical (unpaired) electrons. The van der Waals surface area contributed by atoms with Gasteiger partial charge >= 0.3 is 11.7 Å². The quantitative estimate of drug-likeness (QED) is 0.693. The molecule has 3 aromatic rings. The predicted octanol–water partition coefficient (Wildman–Crippen LogP) is 1.71. The molecule has 1 heterocycles. The van der Waals surface area contributed by atoms with E-state index in [-0.39, 0.29) is 21.7 Å². The fourth-order valence-corrected chi connectivity index (χ4v) is 3.25. The maximum atomic E-state index is 12.5. The average Bonchev–Trinajstić information content (AvgIpc) is 2.93. The first kappa shape index (κ1) is 15.8. The Morgan fingerprint density at radius 1 is 1.21 bits per heavy atom. The Morgan fingerprint density at radius 2 is 1.96 bits per heavy atom. The lowest BCUT2D eigenvalue weighted by atomic mass is 10.2. The first-order valence-electron chi connectivity index (χ1n) is 6.74. The van der Waals surface area contributed by atoms with Crippen LogP contribution in [0.2, 0.25) is 0 Å². The van der Waals surface area contributed by atoms with Crippen LogP contribution in [0.25, 0.3) is 11.1 Å². The molecule has 8 nitrogen and oxygen atoms in total. The van der Waals surface area contributed by atoms with Crippen molar-refractivity contribution in [1.29, 1.82) is 0 Å². The maximum absolute atomic E-state index is 12.5. The molecule has 2 N–H and O–H groups in total. The van der Waals surface area contributed by atoms with Crippen LogP contribution in [0.5, 0.6) is 0 Å². The second-order valence-corrected chi connectivity index (χ2v) is 6.50. The summed E-state index contributed by atoms with van der Waals surface area (Å²) in [5, 5.41) is 0. The monoisotopic (exact) mass is 348 g/mol. The van der Waals surface area contributed by atoms with Gasteiger partial charge in [0.05, 0.1) is 28.8 Å². The fourth-order valence-electron chi connectivity index (χ4n) is 2.16. The Hall–Kier alpha value is -3.07. The van der Waals surface area contributed by atoms with Crippen LogP contribution in [0.4, 0.5) is 5.69 Å². The Bertz CT molecular complexity index is 1080. The van der Waals surface area contributed by atoms with E-state index in [1.54, 1.807) is 12.1 Å². The zero-order valence-corrected chi connectivity index (χ0v) is 13.2. The number of nitrogens with one attached hydrogen (secondary N) is 2. The van der Waals surface area contributed by atoms with Gasteiger partial charge in [-0.25, -0.2) is 18.0 Å². The van der Waals surface area contributed by atoms with Crippen LogP contribution < -0.4 is 10.5 Å². The molecule has 124 valence electrons. The third-order valence-corrected chi connectivity index (χ3v) is 4.64. The van der Waals surface area contributed by atoms with Crippen molar-refractivity contribution in [3.8, 4) is 0 Å². The number of para-hydroxylation sites is 1. The molecule has 0 atom stereocenters. The molecule has 0 amide bonds. The van der Waals surface area contributed by atoms with Crippen molar-refractivity contribution in [1.82, 2.24) is 4.98 Å². The number of H-pyrrole nitrogens is 1. The highest BCUT2D eigenvalue weighted by Crippen LogP contribution is 2.22. The van der Waals surface area contributed by atoms with Crippen LogP contribution in [-0.2, 0) is 14.8 Å². The van der Waals surface area contributed by atoms with Crippen molar-refractivity contribution in [2.75, 3.05) is 11.8 Å². The van der Waals surface area contributed by atoms with E-state index in [9.17, 15) is 18.0 Å². The van der Waals surface area contributed by atoms with E-state index in [1.165, 1.54) is 37.4 Å². The Balaban J connectivity index is 2.02. The molecule has 24 heavy (non-hydrogen) atoms. The van der Waals surface area contributed by atoms with E-state index >= 15 is 0 Å². The standard InChI is InChI=1S/C15H12N2O6S/c1-22-14(18)10-4-2-3-5-11(10)17-24(20,21)9-6-7-12-13(8-9)23-15(19)16-12/h2-8,17H,1H3,(H,16,19). The number of aromatic amines is 1. The molecule has 2 aromatic carbocycles. The van der Waals surface area contributed by atoms with Crippen LogP contribution in [0.3, 0.4) is 0 Å². The van der Waals surface area contributed by atoms with Gasteiger partial charge in [0, 0.05) is 6.07 Å². The summed E-state index contributed by atoms with van der Waals surface area (Å²) in [6.45, 7) is 0. The van der Waals surface area contributed by atoms with Gasteiger partial charge in [-0.2, -0.15) is 0 Å². The van der Waals surface area contributed by atoms with E-state index in [4.69, 9.17) is 4.42 Å². The molecule has 0 aliphatic carbocycles. The van der Waals surface area contributed by atoms with Gasteiger partial charge < -0.3 is 9.15 Å². The average molecular weight is 348 g/mol. The normalized spacial score (nSPS) is 11.4. The van der Waals surface area contributed by atoms with Crippen molar-refractivity contribution >= 4 is 32.8 Å². The van der Waals surface area contributed by atoms with Crippen LogP contribution in [0, 0.1) is 0 Å². The van der Waals surface area contributed by atoms with E-state index in [2.05, 4.69) is 14.4 Å². The molecule has 1 aromatic heterocycles. The molecule has 9 heteroatoms. The largest absolute Gasteiger partial charge is 0.465 e. The van der Waals surface area contributed by atoms with Crippen molar-refractivity contribution in [2.45, 2.75) is 4.90 Å². The highest BCUT2D eigenvalue weighted by molar-refractivity contribution is 7.92. The van der Waals surface area contributed by atoms with Gasteiger partial charge in [-0.1, -0.05) is 12.1 Å². The van der Waals surface area contributed by atoms with Crippen LogP contribution in [0.15, 0.2) is 56.6 Å². The molecule has 0 aliphatic rings. The Labute approximate surface area is 136 Å². The minimum Gasteiger partial charge on any atom is -0.465 e. The topological polar surface area (TPSA) is 118 Å².